The molecule has 1 amide bonds. The van der Waals surface area contributed by atoms with Crippen LogP contribution in [0.4, 0.5) is 5.69 Å². The lowest BCUT2D eigenvalue weighted by Gasteiger charge is -2.33. The first-order chi connectivity index (χ1) is 18.4. The van der Waals surface area contributed by atoms with Crippen LogP contribution in [-0.2, 0) is 22.4 Å². The number of hydrogen-bond donors (Lipinski definition) is 4. The van der Waals surface area contributed by atoms with Gasteiger partial charge in [-0.15, -0.1) is 0 Å². The number of hydrogen-bond acceptors (Lipinski definition) is 7. The molecular weight excluding hydrogens is 482 g/mol. The van der Waals surface area contributed by atoms with Crippen molar-refractivity contribution in [2.24, 2.45) is 4.99 Å². The summed E-state index contributed by atoms with van der Waals surface area (Å²) in [4.78, 5) is 35.5. The van der Waals surface area contributed by atoms with E-state index in [0.717, 1.165) is 46.3 Å². The van der Waals surface area contributed by atoms with Crippen LogP contribution in [0.2, 0.25) is 0 Å². The third kappa shape index (κ3) is 6.28. The van der Waals surface area contributed by atoms with Crippen LogP contribution < -0.4 is 10.6 Å². The standard InChI is InChI=1S/C29H33N5O4/c35-24-17-30-29(31-18-24)32-23-6-3-4-19(14-23)15-26(36)34-12-10-20(11-13-34)28-22(8-9-27(37)38)16-21-5-1-2-7-25(21)33-28/h1-7,14,16,20,24,35H,8-13,15,17-18H2,(H,37,38)(H2,30,31,32). The fraction of sp³-hybridized carbons (Fsp3) is 0.379. The van der Waals surface area contributed by atoms with Crippen LogP contribution in [0.3, 0.4) is 0 Å². The number of nitrogens with one attached hydrogen (secondary N) is 2. The van der Waals surface area contributed by atoms with Crippen LogP contribution in [0.1, 0.15) is 42.0 Å². The van der Waals surface area contributed by atoms with E-state index in [1.54, 1.807) is 0 Å². The van der Waals surface area contributed by atoms with Crippen molar-refractivity contribution in [3.05, 3.63) is 71.4 Å². The van der Waals surface area contributed by atoms with Crippen molar-refractivity contribution in [1.29, 1.82) is 0 Å². The van der Waals surface area contributed by atoms with Gasteiger partial charge in [-0.05, 0) is 54.7 Å². The summed E-state index contributed by atoms with van der Waals surface area (Å²) in [5.74, 6) is 0.0909. The molecule has 38 heavy (non-hydrogen) atoms. The van der Waals surface area contributed by atoms with Crippen LogP contribution in [0.5, 0.6) is 0 Å². The number of guanidine groups is 1. The number of fused-ring (bicyclic) bond motifs is 1. The highest BCUT2D eigenvalue weighted by Crippen LogP contribution is 2.32. The second-order valence-electron chi connectivity index (χ2n) is 10.0. The summed E-state index contributed by atoms with van der Waals surface area (Å²) >= 11 is 0. The summed E-state index contributed by atoms with van der Waals surface area (Å²) in [6.07, 6.45) is 1.98. The van der Waals surface area contributed by atoms with Crippen molar-refractivity contribution < 1.29 is 19.8 Å². The number of aryl methyl sites for hydroxylation is 1. The number of nitrogens with zero attached hydrogens (tertiary/aromatic N) is 3. The van der Waals surface area contributed by atoms with Crippen LogP contribution in [0, 0.1) is 0 Å². The smallest absolute Gasteiger partial charge is 0.303 e. The zero-order valence-corrected chi connectivity index (χ0v) is 21.3. The predicted octanol–water partition coefficient (Wildman–Crippen LogP) is 2.93. The van der Waals surface area contributed by atoms with Crippen LogP contribution >= 0.6 is 0 Å². The van der Waals surface area contributed by atoms with Crippen molar-refractivity contribution in [2.75, 3.05) is 31.5 Å². The molecule has 1 atom stereocenters. The number of aliphatic imine (C=N–C) groups is 1. The molecule has 1 aromatic heterocycles. The minimum atomic E-state index is -0.814. The number of aliphatic hydroxyl groups is 1. The van der Waals surface area contributed by atoms with Gasteiger partial charge in [-0.25, -0.2) is 0 Å². The molecule has 2 aliphatic rings. The lowest BCUT2D eigenvalue weighted by atomic mass is 9.88. The van der Waals surface area contributed by atoms with Gasteiger partial charge >= 0.3 is 5.97 Å². The summed E-state index contributed by atoms with van der Waals surface area (Å²) in [5, 5.41) is 26.1. The number of carbonyl (C=O) groups excluding carboxylic acids is 1. The Kier molecular flexibility index (Phi) is 7.83. The summed E-state index contributed by atoms with van der Waals surface area (Å²) in [6, 6.07) is 17.7. The van der Waals surface area contributed by atoms with E-state index < -0.39 is 12.1 Å². The summed E-state index contributed by atoms with van der Waals surface area (Å²) in [5.41, 5.74) is 4.65. The van der Waals surface area contributed by atoms with E-state index in [4.69, 9.17) is 4.98 Å². The average Bonchev–Trinajstić information content (AvgIpc) is 2.93. The Labute approximate surface area is 221 Å². The first-order valence-electron chi connectivity index (χ1n) is 13.1. The average molecular weight is 516 g/mol. The third-order valence-corrected chi connectivity index (χ3v) is 7.19. The molecule has 3 heterocycles. The number of aromatic nitrogens is 1. The number of rotatable bonds is 7. The Balaban J connectivity index is 1.21. The molecule has 3 aromatic rings. The molecule has 0 spiro atoms. The Morgan fingerprint density at radius 2 is 1.89 bits per heavy atom. The number of aliphatic hydroxyl groups excluding tert-OH is 1. The van der Waals surface area contributed by atoms with Gasteiger partial charge in [-0.2, -0.15) is 0 Å². The number of amides is 1. The normalized spacial score (nSPS) is 18.1. The van der Waals surface area contributed by atoms with Gasteiger partial charge in [0, 0.05) is 48.7 Å². The molecular formula is C29H33N5O4. The summed E-state index contributed by atoms with van der Waals surface area (Å²) in [7, 11) is 0. The molecule has 1 unspecified atom stereocenters. The van der Waals surface area contributed by atoms with E-state index in [2.05, 4.69) is 21.7 Å². The molecule has 0 saturated carbocycles. The second-order valence-corrected chi connectivity index (χ2v) is 10.0. The van der Waals surface area contributed by atoms with Gasteiger partial charge in [0.15, 0.2) is 5.96 Å². The van der Waals surface area contributed by atoms with Crippen molar-refractivity contribution in [3.8, 4) is 0 Å². The third-order valence-electron chi connectivity index (χ3n) is 7.19. The number of likely N-dealkylation sites (tertiary alicyclic amines) is 1. The first kappa shape index (κ1) is 25.7. The highest BCUT2D eigenvalue weighted by molar-refractivity contribution is 5.94. The molecule has 1 fully saturated rings. The van der Waals surface area contributed by atoms with Gasteiger partial charge in [-0.3, -0.25) is 19.6 Å². The van der Waals surface area contributed by atoms with Gasteiger partial charge in [-0.1, -0.05) is 30.3 Å². The molecule has 0 aliphatic carbocycles. The zero-order chi connectivity index (χ0) is 26.5. The highest BCUT2D eigenvalue weighted by Gasteiger charge is 2.27. The lowest BCUT2D eigenvalue weighted by molar-refractivity contribution is -0.137. The van der Waals surface area contributed by atoms with Gasteiger partial charge in [0.1, 0.15) is 0 Å². The maximum Gasteiger partial charge on any atom is 0.303 e. The number of β-amino-alcohol motifs (C(OH)–C–C–N with tert-alkyl or cyclic N) is 1. The quantitative estimate of drug-likeness (QED) is 0.381. The Hall–Kier alpha value is -3.98. The Morgan fingerprint density at radius 1 is 1.08 bits per heavy atom. The molecule has 9 nitrogen and oxygen atoms in total. The zero-order valence-electron chi connectivity index (χ0n) is 21.3. The largest absolute Gasteiger partial charge is 0.481 e. The van der Waals surface area contributed by atoms with Crippen LogP contribution in [0.15, 0.2) is 59.6 Å². The number of piperidine rings is 1. The van der Waals surface area contributed by atoms with E-state index in [0.29, 0.717) is 45.0 Å². The number of carbonyl (C=O) groups is 2. The second kappa shape index (κ2) is 11.6. The van der Waals surface area contributed by atoms with E-state index in [1.807, 2.05) is 53.4 Å². The number of carboxylic acid groups (broad SMARTS) is 1. The summed E-state index contributed by atoms with van der Waals surface area (Å²) < 4.78 is 0. The van der Waals surface area contributed by atoms with Gasteiger partial charge in [0.25, 0.3) is 0 Å². The predicted molar refractivity (Wildman–Crippen MR) is 146 cm³/mol. The van der Waals surface area contributed by atoms with Crippen molar-refractivity contribution in [2.45, 2.75) is 44.1 Å². The molecule has 0 radical (unpaired) electrons. The number of anilines is 1. The van der Waals surface area contributed by atoms with E-state index >= 15 is 0 Å². The molecule has 1 saturated heterocycles. The Bertz CT molecular complexity index is 1350. The van der Waals surface area contributed by atoms with Gasteiger partial charge < -0.3 is 25.7 Å². The summed E-state index contributed by atoms with van der Waals surface area (Å²) in [6.45, 7) is 2.11. The van der Waals surface area contributed by atoms with E-state index in [1.165, 1.54) is 0 Å². The van der Waals surface area contributed by atoms with E-state index in [9.17, 15) is 19.8 Å². The minimum absolute atomic E-state index is 0.0731. The maximum absolute atomic E-state index is 13.1. The molecule has 9 heteroatoms. The molecule has 198 valence electrons. The van der Waals surface area contributed by atoms with Gasteiger partial charge in [0.2, 0.25) is 5.91 Å². The van der Waals surface area contributed by atoms with E-state index in [-0.39, 0.29) is 18.2 Å². The van der Waals surface area contributed by atoms with Crippen LogP contribution in [0.25, 0.3) is 10.9 Å². The highest BCUT2D eigenvalue weighted by atomic mass is 16.4. The number of carboxylic acids is 1. The molecule has 0 bridgehead atoms. The van der Waals surface area contributed by atoms with Crippen molar-refractivity contribution in [3.63, 3.8) is 0 Å². The van der Waals surface area contributed by atoms with Crippen LogP contribution in [-0.4, -0.2) is 70.2 Å². The number of para-hydroxylation sites is 1. The lowest BCUT2D eigenvalue weighted by Crippen LogP contribution is -2.42. The number of aliphatic carboxylic acids is 1. The first-order valence-corrected chi connectivity index (χ1v) is 13.1. The molecule has 4 N–H and O–H groups in total. The fourth-order valence-corrected chi connectivity index (χ4v) is 5.17. The Morgan fingerprint density at radius 3 is 2.66 bits per heavy atom. The minimum Gasteiger partial charge on any atom is -0.481 e. The van der Waals surface area contributed by atoms with Crippen molar-refractivity contribution in [1.82, 2.24) is 15.2 Å². The maximum atomic E-state index is 13.1. The topological polar surface area (TPSA) is 127 Å². The van der Waals surface area contributed by atoms with Crippen molar-refractivity contribution >= 4 is 34.4 Å². The number of pyridine rings is 1. The molecule has 2 aromatic carbocycles. The molecule has 5 rings (SSSR count). The monoisotopic (exact) mass is 515 g/mol. The SMILES string of the molecule is O=C(O)CCc1cc2ccccc2nc1C1CCN(C(=O)Cc2cccc(NC3=NCC(O)CN3)c2)CC1. The van der Waals surface area contributed by atoms with Gasteiger partial charge in [0.05, 0.1) is 24.6 Å². The fourth-order valence-electron chi connectivity index (χ4n) is 5.17. The molecule has 2 aliphatic heterocycles. The number of benzene rings is 2.